The number of thiophene rings is 2. The lowest BCUT2D eigenvalue weighted by Gasteiger charge is -2.13. The molecule has 344 valence electrons. The number of rotatable bonds is 15. The zero-order valence-electron chi connectivity index (χ0n) is 37.4. The molecule has 0 aliphatic rings. The van der Waals surface area contributed by atoms with Gasteiger partial charge in [-0.15, -0.1) is 27.8 Å². The van der Waals surface area contributed by atoms with Crippen molar-refractivity contribution in [3.8, 4) is 32.9 Å². The Kier molecular flexibility index (Phi) is 20.4. The Labute approximate surface area is 397 Å². The summed E-state index contributed by atoms with van der Waals surface area (Å²) >= 11 is 8.40. The molecule has 0 atom stereocenters. The van der Waals surface area contributed by atoms with Crippen LogP contribution >= 0.6 is 34.3 Å². The summed E-state index contributed by atoms with van der Waals surface area (Å²) in [5, 5.41) is 15.1. The van der Waals surface area contributed by atoms with Crippen molar-refractivity contribution >= 4 is 45.4 Å². The summed E-state index contributed by atoms with van der Waals surface area (Å²) in [5.74, 6) is 2.86. The molecule has 0 radical (unpaired) electrons. The summed E-state index contributed by atoms with van der Waals surface area (Å²) in [6, 6.07) is 34.6. The highest BCUT2D eigenvalue weighted by Gasteiger charge is 2.21. The molecule has 0 saturated carbocycles. The van der Waals surface area contributed by atoms with E-state index in [2.05, 4.69) is 50.9 Å². The molecular formula is C50H52ClF2N7O4S2. The van der Waals surface area contributed by atoms with E-state index in [1.54, 1.807) is 78.1 Å². The second-order valence-corrected chi connectivity index (χ2v) is 16.4. The zero-order chi connectivity index (χ0) is 47.3. The third-order valence-electron chi connectivity index (χ3n) is 9.99. The highest BCUT2D eigenvalue weighted by Crippen LogP contribution is 2.25. The Balaban J connectivity index is 0.000000188. The summed E-state index contributed by atoms with van der Waals surface area (Å²) in [4.78, 5) is 37.3. The van der Waals surface area contributed by atoms with E-state index in [4.69, 9.17) is 21.1 Å². The van der Waals surface area contributed by atoms with Crippen molar-refractivity contribution in [3.63, 3.8) is 0 Å². The molecule has 4 heterocycles. The molecule has 0 amide bonds. The van der Waals surface area contributed by atoms with Gasteiger partial charge in [-0.2, -0.15) is 9.78 Å². The Hall–Kier alpha value is -6.39. The molecule has 0 unspecified atom stereocenters. The van der Waals surface area contributed by atoms with E-state index in [0.717, 1.165) is 45.4 Å². The van der Waals surface area contributed by atoms with Crippen molar-refractivity contribution in [2.75, 3.05) is 33.9 Å². The van der Waals surface area contributed by atoms with Crippen LogP contribution in [0.3, 0.4) is 0 Å². The van der Waals surface area contributed by atoms with E-state index in [1.807, 2.05) is 41.1 Å². The predicted octanol–water partition coefficient (Wildman–Crippen LogP) is 11.5. The highest BCUT2D eigenvalue weighted by molar-refractivity contribution is 7.13. The lowest BCUT2D eigenvalue weighted by Crippen LogP contribution is -2.21. The summed E-state index contributed by atoms with van der Waals surface area (Å²) in [7, 11) is 3.03. The summed E-state index contributed by atoms with van der Waals surface area (Å²) in [6.07, 6.45) is 2.69. The SMILES string of the molecule is CCN(CC)CC.COc1ccccc1C(=O)Cl.COc1ccccc1C(=O)n1nc(-c2cccs2)nc1CCc1ccc(F)cc1.Fc1ccc(CCc2nc(-c3cccs3)n[nH]2)cc1. The van der Waals surface area contributed by atoms with Crippen LogP contribution in [0.5, 0.6) is 11.5 Å². The van der Waals surface area contributed by atoms with Gasteiger partial charge < -0.3 is 14.4 Å². The van der Waals surface area contributed by atoms with E-state index < -0.39 is 5.24 Å². The quantitative estimate of drug-likeness (QED) is 0.0999. The van der Waals surface area contributed by atoms with Gasteiger partial charge in [0, 0.05) is 12.8 Å². The van der Waals surface area contributed by atoms with Gasteiger partial charge in [-0.3, -0.25) is 14.7 Å². The van der Waals surface area contributed by atoms with E-state index in [0.29, 0.717) is 47.1 Å². The maximum absolute atomic E-state index is 13.2. The average molecular weight is 953 g/mol. The first kappa shape index (κ1) is 50.6. The summed E-state index contributed by atoms with van der Waals surface area (Å²) in [5.41, 5.74) is 2.87. The number of H-pyrrole nitrogens is 1. The van der Waals surface area contributed by atoms with Gasteiger partial charge in [0.25, 0.3) is 11.1 Å². The highest BCUT2D eigenvalue weighted by atomic mass is 35.5. The molecule has 0 saturated heterocycles. The molecule has 16 heteroatoms. The molecule has 66 heavy (non-hydrogen) atoms. The van der Waals surface area contributed by atoms with Crippen molar-refractivity contribution < 1.29 is 27.8 Å². The van der Waals surface area contributed by atoms with Crippen LogP contribution in [0.25, 0.3) is 21.4 Å². The first-order valence-electron chi connectivity index (χ1n) is 21.2. The van der Waals surface area contributed by atoms with Gasteiger partial charge in [-0.05, 0) is 127 Å². The van der Waals surface area contributed by atoms with Gasteiger partial charge in [-0.1, -0.05) is 81.4 Å². The molecule has 4 aromatic heterocycles. The molecule has 0 aliphatic carbocycles. The number of carbonyl (C=O) groups is 2. The first-order chi connectivity index (χ1) is 32.1. The fourth-order valence-corrected chi connectivity index (χ4v) is 7.80. The maximum atomic E-state index is 13.2. The predicted molar refractivity (Wildman–Crippen MR) is 260 cm³/mol. The van der Waals surface area contributed by atoms with Crippen molar-refractivity contribution in [2.45, 2.75) is 46.5 Å². The van der Waals surface area contributed by atoms with Crippen molar-refractivity contribution in [1.82, 2.24) is 34.8 Å². The van der Waals surface area contributed by atoms with Crippen LogP contribution in [-0.2, 0) is 25.7 Å². The Morgan fingerprint density at radius 3 is 1.61 bits per heavy atom. The number of methoxy groups -OCH3 is 2. The molecule has 1 N–H and O–H groups in total. The number of hydrogen-bond donors (Lipinski definition) is 1. The minimum atomic E-state index is -0.498. The van der Waals surface area contributed by atoms with Gasteiger partial charge >= 0.3 is 0 Å². The van der Waals surface area contributed by atoms with Crippen LogP contribution < -0.4 is 9.47 Å². The standard InChI is InChI=1S/C22H18FN3O2S.C14H12FN3S.C8H7ClO2.C6H15N/c1-28-18-6-3-2-5-17(18)22(27)26-20(13-10-15-8-11-16(23)12-9-15)24-21(25-26)19-7-4-14-29-19;15-11-6-3-10(4-7-11)5-8-13-16-14(18-17-13)12-2-1-9-19-12;1-11-7-5-3-2-4-6(7)8(9)10;1-4-7(5-2)6-3/h2-9,11-12,14H,10,13H2,1H3;1-4,6-7,9H,5,8H2,(H,16,17,18);2-5H,1H3;4-6H2,1-3H3. The number of para-hydroxylation sites is 2. The van der Waals surface area contributed by atoms with E-state index in [1.165, 1.54) is 74.1 Å². The first-order valence-corrected chi connectivity index (χ1v) is 23.4. The lowest BCUT2D eigenvalue weighted by molar-refractivity contribution is 0.0937. The molecule has 8 rings (SSSR count). The van der Waals surface area contributed by atoms with Crippen molar-refractivity contribution in [1.29, 1.82) is 0 Å². The Morgan fingerprint density at radius 2 is 1.14 bits per heavy atom. The zero-order valence-corrected chi connectivity index (χ0v) is 39.8. The van der Waals surface area contributed by atoms with Crippen LogP contribution in [0.4, 0.5) is 8.78 Å². The van der Waals surface area contributed by atoms with Gasteiger partial charge in [0.1, 0.15) is 34.8 Å². The molecule has 0 spiro atoms. The maximum Gasteiger partial charge on any atom is 0.283 e. The second-order valence-electron chi connectivity index (χ2n) is 14.2. The molecule has 0 bridgehead atoms. The van der Waals surface area contributed by atoms with Crippen LogP contribution in [0.15, 0.2) is 132 Å². The number of hydrogen-bond acceptors (Lipinski definition) is 11. The molecule has 0 aliphatic heterocycles. The number of nitrogens with zero attached hydrogens (tertiary/aromatic N) is 6. The summed E-state index contributed by atoms with van der Waals surface area (Å²) < 4.78 is 37.5. The number of nitrogens with one attached hydrogen (secondary N) is 1. The fourth-order valence-electron chi connectivity index (χ4n) is 6.34. The normalized spacial score (nSPS) is 10.5. The minimum Gasteiger partial charge on any atom is -0.496 e. The Bertz CT molecular complexity index is 2660. The van der Waals surface area contributed by atoms with E-state index in [9.17, 15) is 18.4 Å². The van der Waals surface area contributed by atoms with E-state index in [-0.39, 0.29) is 17.5 Å². The van der Waals surface area contributed by atoms with Crippen LogP contribution in [0.2, 0.25) is 0 Å². The number of aryl methyl sites for hydroxylation is 4. The van der Waals surface area contributed by atoms with Gasteiger partial charge in [0.2, 0.25) is 0 Å². The molecule has 8 aromatic rings. The number of carbonyl (C=O) groups excluding carboxylic acids is 2. The smallest absolute Gasteiger partial charge is 0.283 e. The van der Waals surface area contributed by atoms with Crippen molar-refractivity contribution in [3.05, 3.63) is 178 Å². The number of ether oxygens (including phenoxy) is 2. The van der Waals surface area contributed by atoms with Gasteiger partial charge in [0.15, 0.2) is 11.6 Å². The average Bonchev–Trinajstić information content (AvgIpc) is 4.21. The van der Waals surface area contributed by atoms with Crippen LogP contribution in [0.1, 0.15) is 64.3 Å². The molecule has 0 fully saturated rings. The van der Waals surface area contributed by atoms with Crippen molar-refractivity contribution in [2.24, 2.45) is 0 Å². The minimum absolute atomic E-state index is 0.205. The number of benzene rings is 4. The number of halogens is 3. The number of aromatic amines is 1. The number of aromatic nitrogens is 6. The second kappa shape index (κ2) is 26.5. The molecule has 4 aromatic carbocycles. The summed E-state index contributed by atoms with van der Waals surface area (Å²) in [6.45, 7) is 10.1. The Morgan fingerprint density at radius 1 is 0.636 bits per heavy atom. The fraction of sp³-hybridized carbons (Fsp3) is 0.240. The monoisotopic (exact) mass is 951 g/mol. The molecule has 11 nitrogen and oxygen atoms in total. The molecular weight excluding hydrogens is 900 g/mol. The van der Waals surface area contributed by atoms with Gasteiger partial charge in [-0.25, -0.2) is 18.7 Å². The van der Waals surface area contributed by atoms with E-state index >= 15 is 0 Å². The largest absolute Gasteiger partial charge is 0.496 e. The third-order valence-corrected chi connectivity index (χ3v) is 11.9. The van der Waals surface area contributed by atoms with Gasteiger partial charge in [0.05, 0.1) is 35.1 Å². The third kappa shape index (κ3) is 15.1. The van der Waals surface area contributed by atoms with Crippen LogP contribution in [-0.4, -0.2) is 79.8 Å². The topological polar surface area (TPSA) is 128 Å². The van der Waals surface area contributed by atoms with Crippen LogP contribution in [0, 0.1) is 11.6 Å². The lowest BCUT2D eigenvalue weighted by atomic mass is 10.1.